The van der Waals surface area contributed by atoms with E-state index in [0.717, 1.165) is 29.8 Å². The quantitative estimate of drug-likeness (QED) is 0.681. The van der Waals surface area contributed by atoms with Gasteiger partial charge in [0, 0.05) is 25.0 Å². The molecule has 1 fully saturated rings. The van der Waals surface area contributed by atoms with Gasteiger partial charge in [-0.3, -0.25) is 4.99 Å². The van der Waals surface area contributed by atoms with Crippen LogP contribution in [0.4, 0.5) is 0 Å². The number of thiazole rings is 1. The van der Waals surface area contributed by atoms with Gasteiger partial charge in [-0.05, 0) is 25.7 Å². The van der Waals surface area contributed by atoms with E-state index in [-0.39, 0.29) is 0 Å². The predicted molar refractivity (Wildman–Crippen MR) is 81.6 cm³/mol. The Bertz CT molecular complexity index is 464. The summed E-state index contributed by atoms with van der Waals surface area (Å²) in [5, 5.41) is 6.80. The van der Waals surface area contributed by atoms with E-state index in [1.54, 1.807) is 11.3 Å². The molecule has 1 heterocycles. The summed E-state index contributed by atoms with van der Waals surface area (Å²) in [6.07, 6.45) is 1.22. The van der Waals surface area contributed by atoms with Crippen molar-refractivity contribution in [3.63, 3.8) is 0 Å². The molecule has 1 aromatic rings. The average Bonchev–Trinajstić information content (AvgIpc) is 2.71. The fourth-order valence-corrected chi connectivity index (χ4v) is 2.70. The van der Waals surface area contributed by atoms with Crippen molar-refractivity contribution in [2.45, 2.75) is 46.7 Å². The molecule has 0 aromatic carbocycles. The van der Waals surface area contributed by atoms with Gasteiger partial charge in [-0.15, -0.1) is 11.3 Å². The van der Waals surface area contributed by atoms with E-state index in [2.05, 4.69) is 53.4 Å². The molecule has 0 amide bonds. The van der Waals surface area contributed by atoms with E-state index >= 15 is 0 Å². The first-order valence-corrected chi connectivity index (χ1v) is 7.73. The van der Waals surface area contributed by atoms with Crippen LogP contribution in [-0.2, 0) is 6.54 Å². The van der Waals surface area contributed by atoms with Crippen molar-refractivity contribution >= 4 is 17.3 Å². The second-order valence-corrected chi connectivity index (χ2v) is 6.96. The van der Waals surface area contributed by atoms with Crippen molar-refractivity contribution in [1.29, 1.82) is 0 Å². The zero-order valence-electron chi connectivity index (χ0n) is 12.5. The number of guanidine groups is 1. The molecule has 4 nitrogen and oxygen atoms in total. The van der Waals surface area contributed by atoms with Gasteiger partial charge in [0.05, 0.1) is 17.2 Å². The molecule has 0 aliphatic heterocycles. The van der Waals surface area contributed by atoms with Gasteiger partial charge < -0.3 is 10.2 Å². The molecular weight excluding hydrogens is 256 g/mol. The molecule has 0 saturated heterocycles. The van der Waals surface area contributed by atoms with Crippen molar-refractivity contribution in [3.05, 3.63) is 16.1 Å². The molecule has 2 rings (SSSR count). The van der Waals surface area contributed by atoms with E-state index in [9.17, 15) is 0 Å². The molecule has 106 valence electrons. The molecule has 1 aromatic heterocycles. The molecule has 1 atom stereocenters. The topological polar surface area (TPSA) is 40.5 Å². The number of rotatable bonds is 4. The van der Waals surface area contributed by atoms with Crippen molar-refractivity contribution in [2.24, 2.45) is 10.4 Å². The summed E-state index contributed by atoms with van der Waals surface area (Å²) in [5.74, 6) is 0.990. The van der Waals surface area contributed by atoms with Crippen LogP contribution < -0.4 is 5.32 Å². The highest BCUT2D eigenvalue weighted by Gasteiger charge is 2.46. The molecule has 5 heteroatoms. The first kappa shape index (κ1) is 14.3. The van der Waals surface area contributed by atoms with Gasteiger partial charge in [0.2, 0.25) is 0 Å². The molecule has 0 spiro atoms. The van der Waals surface area contributed by atoms with Crippen LogP contribution in [0.3, 0.4) is 0 Å². The summed E-state index contributed by atoms with van der Waals surface area (Å²) < 4.78 is 0. The number of nitrogens with zero attached hydrogens (tertiary/aromatic N) is 3. The third-order valence-electron chi connectivity index (χ3n) is 3.55. The number of hydrogen-bond acceptors (Lipinski definition) is 3. The smallest absolute Gasteiger partial charge is 0.194 e. The lowest BCUT2D eigenvalue weighted by Gasteiger charge is -2.22. The molecule has 1 unspecified atom stereocenters. The van der Waals surface area contributed by atoms with E-state index in [1.165, 1.54) is 6.42 Å². The molecule has 1 aliphatic carbocycles. The number of hydrogen-bond donors (Lipinski definition) is 1. The zero-order valence-corrected chi connectivity index (χ0v) is 13.3. The fourth-order valence-electron chi connectivity index (χ4n) is 2.09. The standard InChI is InChI=1S/C14H24N4S/c1-6-15-13(17-12-7-14(12,3)4)18(5)8-11-9-19-10(2)16-11/h9,12H,6-8H2,1-5H3,(H,15,17). The summed E-state index contributed by atoms with van der Waals surface area (Å²) in [4.78, 5) is 11.2. The second-order valence-electron chi connectivity index (χ2n) is 5.90. The van der Waals surface area contributed by atoms with Crippen LogP contribution in [0, 0.1) is 12.3 Å². The summed E-state index contributed by atoms with van der Waals surface area (Å²) in [6, 6.07) is 0.553. The Labute approximate surface area is 120 Å². The number of nitrogens with one attached hydrogen (secondary N) is 1. The number of aromatic nitrogens is 1. The average molecular weight is 280 g/mol. The molecule has 1 aliphatic rings. The van der Waals surface area contributed by atoms with E-state index < -0.39 is 0 Å². The maximum absolute atomic E-state index is 4.58. The minimum absolute atomic E-state index is 0.409. The van der Waals surface area contributed by atoms with Crippen LogP contribution in [0.1, 0.15) is 37.9 Å². The van der Waals surface area contributed by atoms with Crippen molar-refractivity contribution in [1.82, 2.24) is 15.2 Å². The Morgan fingerprint density at radius 2 is 2.32 bits per heavy atom. The van der Waals surface area contributed by atoms with E-state index in [0.29, 0.717) is 11.5 Å². The van der Waals surface area contributed by atoms with Gasteiger partial charge in [-0.1, -0.05) is 13.8 Å². The van der Waals surface area contributed by atoms with Gasteiger partial charge in [-0.25, -0.2) is 4.98 Å². The normalized spacial score (nSPS) is 21.3. The Balaban J connectivity index is 1.97. The Morgan fingerprint density at radius 1 is 1.63 bits per heavy atom. The molecule has 1 N–H and O–H groups in total. The van der Waals surface area contributed by atoms with E-state index in [1.807, 2.05) is 6.92 Å². The zero-order chi connectivity index (χ0) is 14.0. The highest BCUT2D eigenvalue weighted by Crippen LogP contribution is 2.44. The summed E-state index contributed by atoms with van der Waals surface area (Å²) >= 11 is 1.70. The van der Waals surface area contributed by atoms with Crippen LogP contribution in [0.5, 0.6) is 0 Å². The second kappa shape index (κ2) is 5.49. The van der Waals surface area contributed by atoms with Crippen LogP contribution in [0.25, 0.3) is 0 Å². The Kier molecular flexibility index (Phi) is 4.13. The number of aryl methyl sites for hydroxylation is 1. The summed E-state index contributed by atoms with van der Waals surface area (Å²) in [5.41, 5.74) is 1.53. The predicted octanol–water partition coefficient (Wildman–Crippen LogP) is 2.65. The molecule has 19 heavy (non-hydrogen) atoms. The highest BCUT2D eigenvalue weighted by atomic mass is 32.1. The SMILES string of the molecule is CCN=C(NC1CC1(C)C)N(C)Cc1csc(C)n1. The largest absolute Gasteiger partial charge is 0.353 e. The monoisotopic (exact) mass is 280 g/mol. The fraction of sp³-hybridized carbons (Fsp3) is 0.714. The van der Waals surface area contributed by atoms with Crippen LogP contribution in [0.15, 0.2) is 10.4 Å². The van der Waals surface area contributed by atoms with Crippen LogP contribution >= 0.6 is 11.3 Å². The molecule has 1 saturated carbocycles. The van der Waals surface area contributed by atoms with Gasteiger partial charge in [0.1, 0.15) is 0 Å². The summed E-state index contributed by atoms with van der Waals surface area (Å²) in [6.45, 7) is 10.3. The number of aliphatic imine (C=N–C) groups is 1. The molecule has 0 radical (unpaired) electrons. The minimum Gasteiger partial charge on any atom is -0.353 e. The first-order valence-electron chi connectivity index (χ1n) is 6.85. The van der Waals surface area contributed by atoms with Gasteiger partial charge in [-0.2, -0.15) is 0 Å². The van der Waals surface area contributed by atoms with Gasteiger partial charge in [0.25, 0.3) is 0 Å². The van der Waals surface area contributed by atoms with Crippen LogP contribution in [-0.4, -0.2) is 35.5 Å². The Morgan fingerprint density at radius 3 is 2.79 bits per heavy atom. The maximum atomic E-state index is 4.58. The first-order chi connectivity index (χ1) is 8.92. The third kappa shape index (κ3) is 3.69. The van der Waals surface area contributed by atoms with Gasteiger partial charge >= 0.3 is 0 Å². The van der Waals surface area contributed by atoms with Crippen molar-refractivity contribution in [2.75, 3.05) is 13.6 Å². The lowest BCUT2D eigenvalue weighted by atomic mass is 10.2. The van der Waals surface area contributed by atoms with E-state index in [4.69, 9.17) is 0 Å². The Hall–Kier alpha value is -1.10. The summed E-state index contributed by atoms with van der Waals surface area (Å²) in [7, 11) is 2.07. The van der Waals surface area contributed by atoms with Crippen LogP contribution in [0.2, 0.25) is 0 Å². The highest BCUT2D eigenvalue weighted by molar-refractivity contribution is 7.09. The maximum Gasteiger partial charge on any atom is 0.194 e. The molecular formula is C14H24N4S. The van der Waals surface area contributed by atoms with Crippen molar-refractivity contribution < 1.29 is 0 Å². The minimum atomic E-state index is 0.409. The third-order valence-corrected chi connectivity index (χ3v) is 4.37. The van der Waals surface area contributed by atoms with Crippen molar-refractivity contribution in [3.8, 4) is 0 Å². The molecule has 0 bridgehead atoms. The lowest BCUT2D eigenvalue weighted by molar-refractivity contribution is 0.460. The lowest BCUT2D eigenvalue weighted by Crippen LogP contribution is -2.41. The van der Waals surface area contributed by atoms with Gasteiger partial charge in [0.15, 0.2) is 5.96 Å².